The van der Waals surface area contributed by atoms with E-state index in [1.165, 1.54) is 0 Å². The number of ether oxygens (including phenoxy) is 1. The standard InChI is InChI=1S/C15H11BrO3/c16-11-2-1-3-13(7-11)18-9-14-6-10-4-5-12(17)8-15(10)19-14/h1-8,17H,9H2. The molecule has 1 aromatic heterocycles. The molecule has 0 spiro atoms. The van der Waals surface area contributed by atoms with Crippen molar-refractivity contribution in [2.75, 3.05) is 0 Å². The Morgan fingerprint density at radius 2 is 2.00 bits per heavy atom. The largest absolute Gasteiger partial charge is 0.508 e. The van der Waals surface area contributed by atoms with Gasteiger partial charge in [0.15, 0.2) is 0 Å². The van der Waals surface area contributed by atoms with Gasteiger partial charge in [0, 0.05) is 15.9 Å². The highest BCUT2D eigenvalue weighted by molar-refractivity contribution is 9.10. The lowest BCUT2D eigenvalue weighted by Crippen LogP contribution is -1.93. The molecular formula is C15H11BrO3. The minimum Gasteiger partial charge on any atom is -0.508 e. The second-order valence-corrected chi connectivity index (χ2v) is 5.10. The third kappa shape index (κ3) is 2.74. The molecule has 0 aliphatic heterocycles. The van der Waals surface area contributed by atoms with E-state index in [9.17, 15) is 5.11 Å². The molecular weight excluding hydrogens is 308 g/mol. The molecule has 3 aromatic rings. The zero-order chi connectivity index (χ0) is 13.2. The zero-order valence-electron chi connectivity index (χ0n) is 9.97. The Morgan fingerprint density at radius 1 is 1.11 bits per heavy atom. The van der Waals surface area contributed by atoms with Crippen LogP contribution in [0.4, 0.5) is 0 Å². The van der Waals surface area contributed by atoms with Gasteiger partial charge in [-0.2, -0.15) is 0 Å². The molecule has 0 saturated carbocycles. The molecule has 1 heterocycles. The molecule has 19 heavy (non-hydrogen) atoms. The summed E-state index contributed by atoms with van der Waals surface area (Å²) in [7, 11) is 0. The Bertz CT molecular complexity index is 718. The highest BCUT2D eigenvalue weighted by Crippen LogP contribution is 2.25. The van der Waals surface area contributed by atoms with Gasteiger partial charge in [-0.1, -0.05) is 22.0 Å². The van der Waals surface area contributed by atoms with E-state index in [1.54, 1.807) is 12.1 Å². The quantitative estimate of drug-likeness (QED) is 0.774. The number of hydrogen-bond donors (Lipinski definition) is 1. The van der Waals surface area contributed by atoms with Crippen LogP contribution < -0.4 is 4.74 Å². The fourth-order valence-corrected chi connectivity index (χ4v) is 2.24. The minimum atomic E-state index is 0.196. The van der Waals surface area contributed by atoms with Crippen LogP contribution in [0.15, 0.2) is 57.4 Å². The molecule has 0 amide bonds. The predicted octanol–water partition coefficient (Wildman–Crippen LogP) is 4.48. The molecule has 0 radical (unpaired) electrons. The number of phenols is 1. The van der Waals surface area contributed by atoms with Gasteiger partial charge < -0.3 is 14.3 Å². The summed E-state index contributed by atoms with van der Waals surface area (Å²) in [6.07, 6.45) is 0. The van der Waals surface area contributed by atoms with E-state index in [1.807, 2.05) is 36.4 Å². The van der Waals surface area contributed by atoms with E-state index in [-0.39, 0.29) is 5.75 Å². The SMILES string of the molecule is Oc1ccc2cc(COc3cccc(Br)c3)oc2c1. The Morgan fingerprint density at radius 3 is 2.84 bits per heavy atom. The first-order valence-electron chi connectivity index (χ1n) is 5.80. The maximum atomic E-state index is 9.38. The van der Waals surface area contributed by atoms with Crippen LogP contribution in [0.2, 0.25) is 0 Å². The average molecular weight is 319 g/mol. The van der Waals surface area contributed by atoms with E-state index in [0.29, 0.717) is 12.2 Å². The van der Waals surface area contributed by atoms with E-state index in [4.69, 9.17) is 9.15 Å². The van der Waals surface area contributed by atoms with Gasteiger partial charge in [0.2, 0.25) is 0 Å². The van der Waals surface area contributed by atoms with Crippen molar-refractivity contribution in [3.05, 3.63) is 58.8 Å². The summed E-state index contributed by atoms with van der Waals surface area (Å²) in [4.78, 5) is 0. The lowest BCUT2D eigenvalue weighted by Gasteiger charge is -2.03. The number of hydrogen-bond acceptors (Lipinski definition) is 3. The topological polar surface area (TPSA) is 42.6 Å². The van der Waals surface area contributed by atoms with E-state index < -0.39 is 0 Å². The summed E-state index contributed by atoms with van der Waals surface area (Å²) in [6, 6.07) is 14.6. The third-order valence-electron chi connectivity index (χ3n) is 2.73. The predicted molar refractivity (Wildman–Crippen MR) is 76.4 cm³/mol. The number of rotatable bonds is 3. The van der Waals surface area contributed by atoms with E-state index in [2.05, 4.69) is 15.9 Å². The first kappa shape index (κ1) is 12.1. The fraction of sp³-hybridized carbons (Fsp3) is 0.0667. The number of halogens is 1. The number of aromatic hydroxyl groups is 1. The van der Waals surface area contributed by atoms with Crippen LogP contribution in [-0.4, -0.2) is 5.11 Å². The van der Waals surface area contributed by atoms with Crippen molar-refractivity contribution in [1.29, 1.82) is 0 Å². The normalized spacial score (nSPS) is 10.8. The van der Waals surface area contributed by atoms with Crippen molar-refractivity contribution in [3.8, 4) is 11.5 Å². The maximum Gasteiger partial charge on any atom is 0.146 e. The summed E-state index contributed by atoms with van der Waals surface area (Å²) in [5, 5.41) is 10.3. The zero-order valence-corrected chi connectivity index (χ0v) is 11.6. The first-order valence-corrected chi connectivity index (χ1v) is 6.60. The second kappa shape index (κ2) is 4.97. The Balaban J connectivity index is 1.78. The smallest absolute Gasteiger partial charge is 0.146 e. The third-order valence-corrected chi connectivity index (χ3v) is 3.23. The molecule has 0 atom stereocenters. The molecule has 0 aliphatic rings. The van der Waals surface area contributed by atoms with Crippen LogP contribution in [0.25, 0.3) is 11.0 Å². The van der Waals surface area contributed by atoms with Crippen molar-refractivity contribution in [2.24, 2.45) is 0 Å². The second-order valence-electron chi connectivity index (χ2n) is 4.18. The van der Waals surface area contributed by atoms with Crippen molar-refractivity contribution < 1.29 is 14.3 Å². The van der Waals surface area contributed by atoms with Gasteiger partial charge in [-0.3, -0.25) is 0 Å². The summed E-state index contributed by atoms with van der Waals surface area (Å²) in [6.45, 7) is 0.353. The molecule has 3 nitrogen and oxygen atoms in total. The van der Waals surface area contributed by atoms with Gasteiger partial charge in [-0.25, -0.2) is 0 Å². The maximum absolute atomic E-state index is 9.38. The molecule has 2 aromatic carbocycles. The number of benzene rings is 2. The van der Waals surface area contributed by atoms with Crippen LogP contribution in [0.3, 0.4) is 0 Å². The van der Waals surface area contributed by atoms with E-state index in [0.717, 1.165) is 21.4 Å². The molecule has 0 fully saturated rings. The molecule has 4 heteroatoms. The first-order chi connectivity index (χ1) is 9.20. The van der Waals surface area contributed by atoms with Crippen LogP contribution in [0, 0.1) is 0 Å². The Kier molecular flexibility index (Phi) is 3.17. The van der Waals surface area contributed by atoms with Crippen LogP contribution in [-0.2, 0) is 6.61 Å². The summed E-state index contributed by atoms with van der Waals surface area (Å²) in [5.41, 5.74) is 0.660. The highest BCUT2D eigenvalue weighted by atomic mass is 79.9. The van der Waals surface area contributed by atoms with E-state index >= 15 is 0 Å². The van der Waals surface area contributed by atoms with Crippen LogP contribution in [0.5, 0.6) is 11.5 Å². The molecule has 0 bridgehead atoms. The Labute approximate surface area is 118 Å². The lowest BCUT2D eigenvalue weighted by molar-refractivity contribution is 0.274. The van der Waals surface area contributed by atoms with Gasteiger partial charge in [0.1, 0.15) is 29.4 Å². The van der Waals surface area contributed by atoms with Crippen molar-refractivity contribution in [1.82, 2.24) is 0 Å². The summed E-state index contributed by atoms with van der Waals surface area (Å²) >= 11 is 3.39. The number of phenolic OH excluding ortho intramolecular Hbond substituents is 1. The fourth-order valence-electron chi connectivity index (χ4n) is 1.86. The van der Waals surface area contributed by atoms with Gasteiger partial charge >= 0.3 is 0 Å². The number of fused-ring (bicyclic) bond motifs is 1. The van der Waals surface area contributed by atoms with Gasteiger partial charge in [0.25, 0.3) is 0 Å². The van der Waals surface area contributed by atoms with Gasteiger partial charge in [0.05, 0.1) is 0 Å². The van der Waals surface area contributed by atoms with Crippen molar-refractivity contribution >= 4 is 26.9 Å². The van der Waals surface area contributed by atoms with Crippen LogP contribution in [0.1, 0.15) is 5.76 Å². The average Bonchev–Trinajstić information content (AvgIpc) is 2.78. The van der Waals surface area contributed by atoms with Gasteiger partial charge in [-0.05, 0) is 36.4 Å². The summed E-state index contributed by atoms with van der Waals surface area (Å²) in [5.74, 6) is 1.69. The monoisotopic (exact) mass is 318 g/mol. The number of furan rings is 1. The highest BCUT2D eigenvalue weighted by Gasteiger charge is 2.05. The van der Waals surface area contributed by atoms with Crippen molar-refractivity contribution in [3.63, 3.8) is 0 Å². The summed E-state index contributed by atoms with van der Waals surface area (Å²) < 4.78 is 12.2. The Hall–Kier alpha value is -1.94. The van der Waals surface area contributed by atoms with Gasteiger partial charge in [-0.15, -0.1) is 0 Å². The van der Waals surface area contributed by atoms with Crippen LogP contribution >= 0.6 is 15.9 Å². The minimum absolute atomic E-state index is 0.196. The van der Waals surface area contributed by atoms with Crippen molar-refractivity contribution in [2.45, 2.75) is 6.61 Å². The molecule has 0 saturated heterocycles. The molecule has 1 N–H and O–H groups in total. The lowest BCUT2D eigenvalue weighted by atomic mass is 10.2. The molecule has 0 aliphatic carbocycles. The molecule has 0 unspecified atom stereocenters. The molecule has 3 rings (SSSR count). The molecule has 96 valence electrons.